The number of methoxy groups -OCH3 is 2. The summed E-state index contributed by atoms with van der Waals surface area (Å²) in [5.41, 5.74) is 9.22. The summed E-state index contributed by atoms with van der Waals surface area (Å²) in [6.07, 6.45) is 14.6. The number of likely N-dealkylation sites (N-methyl/N-ethyl adjacent to an activating group) is 1. The number of cyclic esters (lactones) is 1. The van der Waals surface area contributed by atoms with Gasteiger partial charge in [0.05, 0.1) is 24.4 Å². The molecule has 0 spiro atoms. The van der Waals surface area contributed by atoms with Gasteiger partial charge in [-0.25, -0.2) is 9.68 Å². The van der Waals surface area contributed by atoms with Crippen LogP contribution in [0, 0.1) is 29.6 Å². The number of hydrogen-bond acceptors (Lipinski definition) is 13. The molecule has 5 N–H and O–H groups in total. The number of ether oxygens (including phenoxy) is 3. The van der Waals surface area contributed by atoms with Crippen molar-refractivity contribution in [3.05, 3.63) is 77.9 Å². The Kier molecular flexibility index (Phi) is 24.7. The summed E-state index contributed by atoms with van der Waals surface area (Å²) in [6, 6.07) is 8.32. The third-order valence-electron chi connectivity index (χ3n) is 15.1. The zero-order chi connectivity index (χ0) is 51.5. The first kappa shape index (κ1) is 58.5. The molecule has 2 heterocycles. The summed E-state index contributed by atoms with van der Waals surface area (Å²) < 4.78 is 17.6. The van der Waals surface area contributed by atoms with Crippen LogP contribution in [0.25, 0.3) is 0 Å². The fourth-order valence-electron chi connectivity index (χ4n) is 10.7. The molecule has 1 aliphatic carbocycles. The number of nitrogens with two attached hydrogens (primary N) is 1. The highest BCUT2D eigenvalue weighted by Crippen LogP contribution is 2.34. The highest BCUT2D eigenvalue weighted by molar-refractivity contribution is 6.36. The summed E-state index contributed by atoms with van der Waals surface area (Å²) >= 11 is 0. The number of hydrogen-bond donors (Lipinski definition) is 4. The number of para-hydroxylation sites is 1. The maximum Gasteiger partial charge on any atom is 0.329 e. The van der Waals surface area contributed by atoms with E-state index < -0.39 is 66.2 Å². The van der Waals surface area contributed by atoms with Crippen molar-refractivity contribution in [2.24, 2.45) is 35.3 Å². The second kappa shape index (κ2) is 29.5. The van der Waals surface area contributed by atoms with Crippen molar-refractivity contribution < 1.29 is 53.7 Å². The van der Waals surface area contributed by atoms with E-state index in [0.29, 0.717) is 82.6 Å². The number of carbonyl (C=O) groups excluding carboxylic acids is 4. The summed E-state index contributed by atoms with van der Waals surface area (Å²) in [4.78, 5) is 64.5. The first-order valence-electron chi connectivity index (χ1n) is 25.9. The van der Waals surface area contributed by atoms with Crippen molar-refractivity contribution in [2.75, 3.05) is 32.7 Å². The van der Waals surface area contributed by atoms with E-state index >= 15 is 0 Å². The number of aliphatic hydroxyl groups is 2. The Balaban J connectivity index is 1.64. The molecule has 1 aromatic rings. The lowest BCUT2D eigenvalue weighted by Gasteiger charge is -2.37. The number of fused-ring (bicyclic) bond motifs is 1. The van der Waals surface area contributed by atoms with Crippen molar-refractivity contribution in [1.29, 1.82) is 0 Å². The van der Waals surface area contributed by atoms with Gasteiger partial charge in [0.2, 0.25) is 5.78 Å². The number of piperidine rings is 1. The van der Waals surface area contributed by atoms with Crippen molar-refractivity contribution in [3.8, 4) is 0 Å². The molecule has 3 aliphatic rings. The first-order chi connectivity index (χ1) is 33.4. The van der Waals surface area contributed by atoms with E-state index in [0.717, 1.165) is 17.7 Å². The highest BCUT2D eigenvalue weighted by Gasteiger charge is 2.39. The number of esters is 1. The normalized spacial score (nSPS) is 35.7. The standard InChI is InChI=1S/C56H87N3O11/c1-36-18-12-10-13-19-38(3)47(58(7)44-20-14-11-15-21-44)35-45(70-66)26-23-37(2)31-49(61)55(64)59-29-17-16-22-46(59)56(65)69-50(39(4)32-42-24-27-48(60)51(34-42)67-8)28-25-43(57)33-41(6)53(63)54(68-9)52(62)40(5)30-36/h10-15,18-21,33,36-37,39-40,42-43,45-48,50-51,53-54,60,63,66H,16-17,22-32,34-35,57H2,1-9H3/b13-10+,18-12+,38-19+,41-33+/t36-,37?,39-,40?,42?,43+,45+,46?,47-,48-,50+,51?,53?,54+/m1/s1. The molecule has 14 nitrogen and oxygen atoms in total. The number of allylic oxidation sites excluding steroid dienone is 5. The van der Waals surface area contributed by atoms with Crippen molar-refractivity contribution >= 4 is 29.1 Å². The van der Waals surface area contributed by atoms with Gasteiger partial charge in [0.1, 0.15) is 24.4 Å². The van der Waals surface area contributed by atoms with E-state index in [9.17, 15) is 34.6 Å². The molecule has 6 unspecified atom stereocenters. The topological polar surface area (TPSA) is 198 Å². The predicted octanol–water partition coefficient (Wildman–Crippen LogP) is 8.34. The van der Waals surface area contributed by atoms with Gasteiger partial charge in [-0.05, 0) is 132 Å². The van der Waals surface area contributed by atoms with Crippen molar-refractivity contribution in [2.45, 2.75) is 186 Å². The molecule has 0 radical (unpaired) electrons. The Morgan fingerprint density at radius 2 is 1.59 bits per heavy atom. The number of anilines is 1. The summed E-state index contributed by atoms with van der Waals surface area (Å²) in [5.74, 6) is -2.49. The maximum atomic E-state index is 14.3. The lowest BCUT2D eigenvalue weighted by molar-refractivity contribution is -0.281. The molecular weight excluding hydrogens is 891 g/mol. The van der Waals surface area contributed by atoms with Gasteiger partial charge in [-0.2, -0.15) is 0 Å². The Morgan fingerprint density at radius 3 is 2.27 bits per heavy atom. The van der Waals surface area contributed by atoms with E-state index in [4.69, 9.17) is 24.8 Å². The molecule has 392 valence electrons. The molecule has 0 bridgehead atoms. The Bertz CT molecular complexity index is 1920. The van der Waals surface area contributed by atoms with Crippen LogP contribution in [0.2, 0.25) is 0 Å². The molecule has 2 aliphatic heterocycles. The number of rotatable bonds is 8. The van der Waals surface area contributed by atoms with Crippen LogP contribution in [-0.4, -0.2) is 126 Å². The van der Waals surface area contributed by atoms with Gasteiger partial charge in [0.15, 0.2) is 5.78 Å². The first-order valence-corrected chi connectivity index (χ1v) is 25.9. The third kappa shape index (κ3) is 17.6. The third-order valence-corrected chi connectivity index (χ3v) is 15.1. The van der Waals surface area contributed by atoms with Crippen LogP contribution in [-0.2, 0) is 38.3 Å². The van der Waals surface area contributed by atoms with Gasteiger partial charge in [0, 0.05) is 58.3 Å². The summed E-state index contributed by atoms with van der Waals surface area (Å²) in [5, 5.41) is 32.2. The monoisotopic (exact) mass is 978 g/mol. The Morgan fingerprint density at radius 1 is 0.857 bits per heavy atom. The maximum absolute atomic E-state index is 14.3. The lowest BCUT2D eigenvalue weighted by Crippen LogP contribution is -2.52. The van der Waals surface area contributed by atoms with Crippen LogP contribution in [0.3, 0.4) is 0 Å². The van der Waals surface area contributed by atoms with Gasteiger partial charge in [-0.3, -0.25) is 19.6 Å². The molecule has 1 saturated heterocycles. The van der Waals surface area contributed by atoms with Crippen molar-refractivity contribution in [3.63, 3.8) is 0 Å². The average molecular weight is 978 g/mol. The number of ketones is 2. The zero-order valence-corrected chi connectivity index (χ0v) is 43.6. The van der Waals surface area contributed by atoms with Crippen LogP contribution < -0.4 is 10.6 Å². The number of nitrogens with zero attached hydrogens (tertiary/aromatic N) is 2. The molecule has 14 atom stereocenters. The Hall–Kier alpha value is -4.02. The number of aliphatic hydroxyl groups excluding tert-OH is 2. The number of amides is 1. The van der Waals surface area contributed by atoms with Gasteiger partial charge >= 0.3 is 5.97 Å². The van der Waals surface area contributed by atoms with E-state index in [1.54, 1.807) is 20.1 Å². The summed E-state index contributed by atoms with van der Waals surface area (Å²) in [7, 11) is 5.03. The van der Waals surface area contributed by atoms with Crippen LogP contribution in [0.1, 0.15) is 131 Å². The molecule has 1 saturated carbocycles. The van der Waals surface area contributed by atoms with Crippen molar-refractivity contribution in [1.82, 2.24) is 4.90 Å². The molecule has 0 aromatic heterocycles. The minimum Gasteiger partial charge on any atom is -0.461 e. The van der Waals surface area contributed by atoms with E-state index in [1.165, 1.54) is 12.0 Å². The van der Waals surface area contributed by atoms with Gasteiger partial charge in [-0.15, -0.1) is 0 Å². The predicted molar refractivity (Wildman–Crippen MR) is 274 cm³/mol. The lowest BCUT2D eigenvalue weighted by atomic mass is 9.78. The largest absolute Gasteiger partial charge is 0.461 e. The SMILES string of the molecule is COC1CC(C[C@@H](C)[C@@H]2CC[C@H](N)/C=C(\C)C(O)[C@@H](OC)C(=O)C(C)C[C@H](C)/C=C/C=C/C=C(\C)[C@H](N(C)c3ccccc3)C[C@@H](OO)CCC(C)CC(=O)C(=O)N3CCCCC3C(=O)O2)CC[C@H]1O. The van der Waals surface area contributed by atoms with E-state index in [1.807, 2.05) is 102 Å². The quantitative estimate of drug-likeness (QED) is 0.0638. The molecular formula is C56H87N3O11. The van der Waals surface area contributed by atoms with Crippen LogP contribution in [0.15, 0.2) is 77.9 Å². The fourth-order valence-corrected chi connectivity index (χ4v) is 10.7. The minimum atomic E-state index is -1.23. The number of Topliss-reactive ketones (excluding diaryl/α,β-unsaturated/α-hetero) is 2. The van der Waals surface area contributed by atoms with Crippen LogP contribution >= 0.6 is 0 Å². The van der Waals surface area contributed by atoms with Gasteiger partial charge < -0.3 is 40.0 Å². The molecule has 4 rings (SSSR count). The zero-order valence-electron chi connectivity index (χ0n) is 43.6. The number of carbonyl (C=O) groups is 4. The van der Waals surface area contributed by atoms with E-state index in [2.05, 4.69) is 4.90 Å². The minimum absolute atomic E-state index is 0.0195. The van der Waals surface area contributed by atoms with Gasteiger partial charge in [0.25, 0.3) is 5.91 Å². The Labute approximate surface area is 418 Å². The molecule has 1 aromatic carbocycles. The average Bonchev–Trinajstić information content (AvgIpc) is 3.35. The molecule has 14 heteroatoms. The molecule has 1 amide bonds. The molecule has 70 heavy (non-hydrogen) atoms. The second-order valence-electron chi connectivity index (χ2n) is 20.9. The van der Waals surface area contributed by atoms with Crippen LogP contribution in [0.4, 0.5) is 5.69 Å². The number of benzene rings is 1. The highest BCUT2D eigenvalue weighted by atomic mass is 17.1. The molecule has 2 fully saturated rings. The van der Waals surface area contributed by atoms with Crippen LogP contribution in [0.5, 0.6) is 0 Å². The smallest absolute Gasteiger partial charge is 0.329 e. The van der Waals surface area contributed by atoms with E-state index in [-0.39, 0.29) is 54.6 Å². The second-order valence-corrected chi connectivity index (χ2v) is 20.9. The summed E-state index contributed by atoms with van der Waals surface area (Å²) in [6.45, 7) is 11.9. The fraction of sp³-hybridized carbons (Fsp3) is 0.679. The van der Waals surface area contributed by atoms with Gasteiger partial charge in [-0.1, -0.05) is 87.9 Å².